The number of ether oxygens (including phenoxy) is 1. The maximum Gasteiger partial charge on any atom is 0.226 e. The summed E-state index contributed by atoms with van der Waals surface area (Å²) in [6, 6.07) is 13.7. The predicted octanol–water partition coefficient (Wildman–Crippen LogP) is 2.32. The molecule has 1 aliphatic rings. The van der Waals surface area contributed by atoms with Gasteiger partial charge in [-0.3, -0.25) is 9.78 Å². The Labute approximate surface area is 124 Å². The lowest BCUT2D eigenvalue weighted by Gasteiger charge is -2.21. The number of hydrogen-bond donors (Lipinski definition) is 1. The third kappa shape index (κ3) is 3.28. The number of carbonyl (C=O) groups excluding carboxylic acids is 1. The molecule has 2 aromatic rings. The van der Waals surface area contributed by atoms with E-state index in [1.54, 1.807) is 12.4 Å². The van der Waals surface area contributed by atoms with Crippen molar-refractivity contribution >= 4 is 5.91 Å². The van der Waals surface area contributed by atoms with Crippen LogP contribution in [-0.2, 0) is 9.53 Å². The molecule has 3 rings (SSSR count). The van der Waals surface area contributed by atoms with Crippen molar-refractivity contribution in [3.05, 3.63) is 66.0 Å². The van der Waals surface area contributed by atoms with Gasteiger partial charge in [0, 0.05) is 19.0 Å². The highest BCUT2D eigenvalue weighted by molar-refractivity contribution is 5.80. The van der Waals surface area contributed by atoms with Gasteiger partial charge in [-0.25, -0.2) is 0 Å². The molecule has 108 valence electrons. The van der Waals surface area contributed by atoms with Crippen LogP contribution in [0.5, 0.6) is 0 Å². The average Bonchev–Trinajstić information content (AvgIpc) is 3.09. The van der Waals surface area contributed by atoms with E-state index in [1.807, 2.05) is 42.5 Å². The van der Waals surface area contributed by atoms with E-state index in [9.17, 15) is 4.79 Å². The lowest BCUT2D eigenvalue weighted by molar-refractivity contribution is -0.125. The molecule has 1 saturated heterocycles. The van der Waals surface area contributed by atoms with Crippen molar-refractivity contribution in [3.8, 4) is 0 Å². The molecule has 1 aliphatic heterocycles. The molecule has 4 heteroatoms. The number of nitrogens with zero attached hydrogens (tertiary/aromatic N) is 1. The molecule has 0 aliphatic carbocycles. The fourth-order valence-electron chi connectivity index (χ4n) is 2.56. The van der Waals surface area contributed by atoms with Crippen molar-refractivity contribution in [3.63, 3.8) is 0 Å². The first-order valence-electron chi connectivity index (χ1n) is 7.17. The number of hydrogen-bond acceptors (Lipinski definition) is 3. The van der Waals surface area contributed by atoms with Gasteiger partial charge in [0.15, 0.2) is 0 Å². The maximum atomic E-state index is 12.4. The Kier molecular flexibility index (Phi) is 4.26. The molecule has 1 N–H and O–H groups in total. The second kappa shape index (κ2) is 6.50. The number of carbonyl (C=O) groups is 1. The average molecular weight is 282 g/mol. The molecule has 0 spiro atoms. The fourth-order valence-corrected chi connectivity index (χ4v) is 2.56. The van der Waals surface area contributed by atoms with Crippen LogP contribution in [0.15, 0.2) is 54.9 Å². The molecule has 2 heterocycles. The van der Waals surface area contributed by atoms with Crippen LogP contribution in [-0.4, -0.2) is 24.1 Å². The first-order chi connectivity index (χ1) is 10.3. The fraction of sp³-hybridized carbons (Fsp3) is 0.294. The highest BCUT2D eigenvalue weighted by Crippen LogP contribution is 2.23. The first kappa shape index (κ1) is 13.8. The van der Waals surface area contributed by atoms with Crippen molar-refractivity contribution in [2.45, 2.75) is 12.5 Å². The Morgan fingerprint density at radius 2 is 1.86 bits per heavy atom. The van der Waals surface area contributed by atoms with E-state index in [4.69, 9.17) is 4.74 Å². The van der Waals surface area contributed by atoms with Crippen LogP contribution >= 0.6 is 0 Å². The van der Waals surface area contributed by atoms with Crippen LogP contribution in [0.2, 0.25) is 0 Å². The highest BCUT2D eigenvalue weighted by atomic mass is 16.5. The number of pyridine rings is 1. The molecule has 1 amide bonds. The normalized spacial score (nSPS) is 19.1. The maximum absolute atomic E-state index is 12.4. The summed E-state index contributed by atoms with van der Waals surface area (Å²) < 4.78 is 5.30. The van der Waals surface area contributed by atoms with Crippen molar-refractivity contribution in [1.29, 1.82) is 0 Å². The zero-order valence-electron chi connectivity index (χ0n) is 11.7. The van der Waals surface area contributed by atoms with Crippen LogP contribution in [0.25, 0.3) is 0 Å². The summed E-state index contributed by atoms with van der Waals surface area (Å²) in [7, 11) is 0. The van der Waals surface area contributed by atoms with Gasteiger partial charge in [-0.05, 0) is 29.7 Å². The monoisotopic (exact) mass is 282 g/mol. The van der Waals surface area contributed by atoms with E-state index >= 15 is 0 Å². The molecule has 0 saturated carbocycles. The van der Waals surface area contributed by atoms with Gasteiger partial charge in [-0.2, -0.15) is 0 Å². The summed E-state index contributed by atoms with van der Waals surface area (Å²) in [6.07, 6.45) is 4.29. The van der Waals surface area contributed by atoms with Gasteiger partial charge in [0.2, 0.25) is 5.91 Å². The Morgan fingerprint density at radius 3 is 2.52 bits per heavy atom. The lowest BCUT2D eigenvalue weighted by Crippen LogP contribution is -2.34. The lowest BCUT2D eigenvalue weighted by atomic mass is 9.98. The largest absolute Gasteiger partial charge is 0.381 e. The van der Waals surface area contributed by atoms with E-state index in [2.05, 4.69) is 10.3 Å². The van der Waals surface area contributed by atoms with Crippen LogP contribution in [0, 0.1) is 5.92 Å². The molecule has 2 unspecified atom stereocenters. The van der Waals surface area contributed by atoms with Gasteiger partial charge >= 0.3 is 0 Å². The molecule has 4 nitrogen and oxygen atoms in total. The summed E-state index contributed by atoms with van der Waals surface area (Å²) in [5.74, 6) is 0.0104. The van der Waals surface area contributed by atoms with Gasteiger partial charge in [0.25, 0.3) is 0 Å². The summed E-state index contributed by atoms with van der Waals surface area (Å²) in [5.41, 5.74) is 2.10. The Hall–Kier alpha value is -2.20. The third-order valence-corrected chi connectivity index (χ3v) is 3.76. The van der Waals surface area contributed by atoms with E-state index in [0.29, 0.717) is 13.2 Å². The van der Waals surface area contributed by atoms with Crippen molar-refractivity contribution in [2.75, 3.05) is 13.2 Å². The van der Waals surface area contributed by atoms with Crippen LogP contribution in [0.3, 0.4) is 0 Å². The minimum absolute atomic E-state index is 0.0435. The van der Waals surface area contributed by atoms with Crippen LogP contribution in [0.4, 0.5) is 0 Å². The smallest absolute Gasteiger partial charge is 0.226 e. The Morgan fingerprint density at radius 1 is 1.14 bits per heavy atom. The van der Waals surface area contributed by atoms with Gasteiger partial charge in [-0.1, -0.05) is 30.3 Å². The number of amides is 1. The SMILES string of the molecule is O=C(NC(c1ccccc1)c1ccncc1)C1CCOC1. The van der Waals surface area contributed by atoms with Crippen LogP contribution in [0.1, 0.15) is 23.6 Å². The minimum Gasteiger partial charge on any atom is -0.381 e. The van der Waals surface area contributed by atoms with Crippen molar-refractivity contribution in [2.24, 2.45) is 5.92 Å². The molecule has 2 atom stereocenters. The molecule has 1 aromatic heterocycles. The molecule has 0 bridgehead atoms. The first-order valence-corrected chi connectivity index (χ1v) is 7.17. The van der Waals surface area contributed by atoms with Gasteiger partial charge in [-0.15, -0.1) is 0 Å². The van der Waals surface area contributed by atoms with E-state index in [0.717, 1.165) is 17.5 Å². The second-order valence-electron chi connectivity index (χ2n) is 5.19. The van der Waals surface area contributed by atoms with Gasteiger partial charge in [0.1, 0.15) is 0 Å². The highest BCUT2D eigenvalue weighted by Gasteiger charge is 2.26. The molecular formula is C17H18N2O2. The van der Waals surface area contributed by atoms with Gasteiger partial charge < -0.3 is 10.1 Å². The van der Waals surface area contributed by atoms with E-state index < -0.39 is 0 Å². The predicted molar refractivity (Wildman–Crippen MR) is 79.6 cm³/mol. The van der Waals surface area contributed by atoms with Gasteiger partial charge in [0.05, 0.1) is 18.6 Å². The zero-order chi connectivity index (χ0) is 14.5. The second-order valence-corrected chi connectivity index (χ2v) is 5.19. The molecule has 1 aromatic carbocycles. The summed E-state index contributed by atoms with van der Waals surface area (Å²) in [6.45, 7) is 1.19. The Balaban J connectivity index is 1.84. The number of nitrogens with one attached hydrogen (secondary N) is 1. The summed E-state index contributed by atoms with van der Waals surface area (Å²) >= 11 is 0. The molecular weight excluding hydrogens is 264 g/mol. The van der Waals surface area contributed by atoms with E-state index in [-0.39, 0.29) is 17.9 Å². The topological polar surface area (TPSA) is 51.2 Å². The standard InChI is InChI=1S/C17H18N2O2/c20-17(15-8-11-21-12-15)19-16(13-4-2-1-3-5-13)14-6-9-18-10-7-14/h1-7,9-10,15-16H,8,11-12H2,(H,19,20). The number of benzene rings is 1. The number of aromatic nitrogens is 1. The van der Waals surface area contributed by atoms with Crippen molar-refractivity contribution in [1.82, 2.24) is 10.3 Å². The van der Waals surface area contributed by atoms with E-state index in [1.165, 1.54) is 0 Å². The molecule has 21 heavy (non-hydrogen) atoms. The third-order valence-electron chi connectivity index (χ3n) is 3.76. The molecule has 1 fully saturated rings. The Bertz CT molecular complexity index is 541. The molecule has 0 radical (unpaired) electrons. The number of rotatable bonds is 4. The van der Waals surface area contributed by atoms with Crippen molar-refractivity contribution < 1.29 is 9.53 Å². The summed E-state index contributed by atoms with van der Waals surface area (Å²) in [4.78, 5) is 16.4. The summed E-state index contributed by atoms with van der Waals surface area (Å²) in [5, 5.41) is 3.14. The van der Waals surface area contributed by atoms with Crippen LogP contribution < -0.4 is 5.32 Å². The zero-order valence-corrected chi connectivity index (χ0v) is 11.7. The quantitative estimate of drug-likeness (QED) is 0.936. The minimum atomic E-state index is -0.151.